The Kier molecular flexibility index (Phi) is 3.51. The SMILES string of the molecule is Cc1[nH]c(C(=O)O)cc1CC(C)c1ccccc1. The van der Waals surface area contributed by atoms with Crippen molar-refractivity contribution in [1.82, 2.24) is 4.98 Å². The van der Waals surface area contributed by atoms with Gasteiger partial charge in [-0.25, -0.2) is 4.79 Å². The van der Waals surface area contributed by atoms with Crippen LogP contribution in [0.5, 0.6) is 0 Å². The molecule has 0 aliphatic heterocycles. The highest BCUT2D eigenvalue weighted by Gasteiger charge is 2.13. The molecule has 0 spiro atoms. The number of aromatic carboxylic acids is 1. The summed E-state index contributed by atoms with van der Waals surface area (Å²) in [6, 6.07) is 12.0. The molecule has 1 atom stereocenters. The molecule has 1 aromatic carbocycles. The molecule has 1 aromatic heterocycles. The molecule has 0 amide bonds. The van der Waals surface area contributed by atoms with Crippen LogP contribution in [-0.4, -0.2) is 16.1 Å². The van der Waals surface area contributed by atoms with Crippen LogP contribution < -0.4 is 0 Å². The molecule has 0 aliphatic rings. The summed E-state index contributed by atoms with van der Waals surface area (Å²) in [6.07, 6.45) is 0.847. The van der Waals surface area contributed by atoms with Crippen LogP contribution in [0.25, 0.3) is 0 Å². The van der Waals surface area contributed by atoms with Crippen LogP contribution in [0.1, 0.15) is 40.2 Å². The Morgan fingerprint density at radius 2 is 2.00 bits per heavy atom. The van der Waals surface area contributed by atoms with E-state index in [1.807, 2.05) is 25.1 Å². The highest BCUT2D eigenvalue weighted by atomic mass is 16.4. The number of hydrogen-bond donors (Lipinski definition) is 2. The van der Waals surface area contributed by atoms with E-state index in [1.165, 1.54) is 5.56 Å². The van der Waals surface area contributed by atoms with Gasteiger partial charge in [0.15, 0.2) is 0 Å². The Morgan fingerprint density at radius 1 is 1.33 bits per heavy atom. The van der Waals surface area contributed by atoms with Crippen LogP contribution in [0.15, 0.2) is 36.4 Å². The number of benzene rings is 1. The zero-order valence-corrected chi connectivity index (χ0v) is 10.6. The Morgan fingerprint density at radius 3 is 2.56 bits per heavy atom. The molecule has 94 valence electrons. The van der Waals surface area contributed by atoms with Crippen LogP contribution >= 0.6 is 0 Å². The molecule has 2 rings (SSSR count). The standard InChI is InChI=1S/C15H17NO2/c1-10(12-6-4-3-5-7-12)8-13-9-14(15(17)18)16-11(13)2/h3-7,9-10,16H,8H2,1-2H3,(H,17,18). The van der Waals surface area contributed by atoms with Crippen molar-refractivity contribution >= 4 is 5.97 Å². The lowest BCUT2D eigenvalue weighted by Gasteiger charge is -2.11. The molecule has 18 heavy (non-hydrogen) atoms. The smallest absolute Gasteiger partial charge is 0.352 e. The van der Waals surface area contributed by atoms with Crippen molar-refractivity contribution < 1.29 is 9.90 Å². The molecular weight excluding hydrogens is 226 g/mol. The number of carboxylic acids is 1. The second-order valence-electron chi connectivity index (χ2n) is 4.65. The fourth-order valence-corrected chi connectivity index (χ4v) is 2.16. The fraction of sp³-hybridized carbons (Fsp3) is 0.267. The largest absolute Gasteiger partial charge is 0.477 e. The summed E-state index contributed by atoms with van der Waals surface area (Å²) < 4.78 is 0. The first-order valence-electron chi connectivity index (χ1n) is 6.04. The fourth-order valence-electron chi connectivity index (χ4n) is 2.16. The first kappa shape index (κ1) is 12.4. The van der Waals surface area contributed by atoms with Crippen LogP contribution in [0, 0.1) is 6.92 Å². The van der Waals surface area contributed by atoms with Crippen molar-refractivity contribution in [2.24, 2.45) is 0 Å². The van der Waals surface area contributed by atoms with Crippen LogP contribution in [0.4, 0.5) is 0 Å². The molecule has 0 fully saturated rings. The highest BCUT2D eigenvalue weighted by molar-refractivity contribution is 5.86. The van der Waals surface area contributed by atoms with Gasteiger partial charge in [0.1, 0.15) is 5.69 Å². The van der Waals surface area contributed by atoms with E-state index < -0.39 is 5.97 Å². The van der Waals surface area contributed by atoms with Crippen molar-refractivity contribution in [1.29, 1.82) is 0 Å². The van der Waals surface area contributed by atoms with Gasteiger partial charge in [-0.15, -0.1) is 0 Å². The molecule has 0 aliphatic carbocycles. The Hall–Kier alpha value is -2.03. The minimum atomic E-state index is -0.906. The molecule has 3 nitrogen and oxygen atoms in total. The van der Waals surface area contributed by atoms with Crippen LogP contribution in [-0.2, 0) is 6.42 Å². The summed E-state index contributed by atoms with van der Waals surface area (Å²) in [5, 5.41) is 8.94. The molecule has 2 N–H and O–H groups in total. The number of rotatable bonds is 4. The molecule has 1 unspecified atom stereocenters. The summed E-state index contributed by atoms with van der Waals surface area (Å²) in [5.41, 5.74) is 3.55. The van der Waals surface area contributed by atoms with Gasteiger partial charge in [-0.1, -0.05) is 37.3 Å². The van der Waals surface area contributed by atoms with Gasteiger partial charge in [-0.05, 0) is 36.5 Å². The zero-order valence-electron chi connectivity index (χ0n) is 10.6. The van der Waals surface area contributed by atoms with Gasteiger partial charge in [0.25, 0.3) is 0 Å². The first-order valence-corrected chi connectivity index (χ1v) is 6.04. The molecule has 0 saturated carbocycles. The third-order valence-corrected chi connectivity index (χ3v) is 3.25. The maximum Gasteiger partial charge on any atom is 0.352 e. The lowest BCUT2D eigenvalue weighted by atomic mass is 9.94. The van der Waals surface area contributed by atoms with E-state index in [9.17, 15) is 4.79 Å². The monoisotopic (exact) mass is 243 g/mol. The van der Waals surface area contributed by atoms with Crippen molar-refractivity contribution in [3.8, 4) is 0 Å². The lowest BCUT2D eigenvalue weighted by molar-refractivity contribution is 0.0691. The Labute approximate surface area is 106 Å². The van der Waals surface area contributed by atoms with Gasteiger partial charge in [0.05, 0.1) is 0 Å². The maximum atomic E-state index is 10.9. The predicted octanol–water partition coefficient (Wildman–Crippen LogP) is 3.37. The van der Waals surface area contributed by atoms with Gasteiger partial charge in [0.2, 0.25) is 0 Å². The van der Waals surface area contributed by atoms with Crippen molar-refractivity contribution in [2.45, 2.75) is 26.2 Å². The van der Waals surface area contributed by atoms with Gasteiger partial charge in [-0.2, -0.15) is 0 Å². The quantitative estimate of drug-likeness (QED) is 0.865. The number of H-pyrrole nitrogens is 1. The number of nitrogens with one attached hydrogen (secondary N) is 1. The number of aromatic amines is 1. The predicted molar refractivity (Wildman–Crippen MR) is 71.1 cm³/mol. The van der Waals surface area contributed by atoms with E-state index in [1.54, 1.807) is 6.07 Å². The normalized spacial score (nSPS) is 12.3. The second-order valence-corrected chi connectivity index (χ2v) is 4.65. The summed E-state index contributed by atoms with van der Waals surface area (Å²) >= 11 is 0. The minimum absolute atomic E-state index is 0.266. The van der Waals surface area contributed by atoms with Crippen molar-refractivity contribution in [3.05, 3.63) is 58.9 Å². The highest BCUT2D eigenvalue weighted by Crippen LogP contribution is 2.22. The molecule has 0 bridgehead atoms. The van der Waals surface area contributed by atoms with Crippen molar-refractivity contribution in [3.63, 3.8) is 0 Å². The molecule has 3 heteroatoms. The van der Waals surface area contributed by atoms with Gasteiger partial charge in [0, 0.05) is 5.69 Å². The Bertz CT molecular complexity index is 543. The molecule has 0 radical (unpaired) electrons. The summed E-state index contributed by atoms with van der Waals surface area (Å²) in [5.74, 6) is -0.529. The number of carbonyl (C=O) groups is 1. The molecule has 1 heterocycles. The van der Waals surface area contributed by atoms with E-state index in [-0.39, 0.29) is 5.69 Å². The van der Waals surface area contributed by atoms with E-state index in [2.05, 4.69) is 24.0 Å². The van der Waals surface area contributed by atoms with E-state index in [0.717, 1.165) is 17.7 Å². The number of aromatic nitrogens is 1. The van der Waals surface area contributed by atoms with E-state index >= 15 is 0 Å². The molecular formula is C15H17NO2. The summed E-state index contributed by atoms with van der Waals surface area (Å²) in [6.45, 7) is 4.07. The zero-order chi connectivity index (χ0) is 13.1. The van der Waals surface area contributed by atoms with Gasteiger partial charge >= 0.3 is 5.97 Å². The minimum Gasteiger partial charge on any atom is -0.477 e. The number of carboxylic acid groups (broad SMARTS) is 1. The molecule has 0 saturated heterocycles. The third-order valence-electron chi connectivity index (χ3n) is 3.25. The van der Waals surface area contributed by atoms with Gasteiger partial charge < -0.3 is 10.1 Å². The first-order chi connectivity index (χ1) is 8.58. The van der Waals surface area contributed by atoms with E-state index in [0.29, 0.717) is 5.92 Å². The van der Waals surface area contributed by atoms with Crippen LogP contribution in [0.2, 0.25) is 0 Å². The Balaban J connectivity index is 2.17. The third kappa shape index (κ3) is 2.62. The van der Waals surface area contributed by atoms with Gasteiger partial charge in [-0.3, -0.25) is 0 Å². The van der Waals surface area contributed by atoms with Crippen LogP contribution in [0.3, 0.4) is 0 Å². The lowest BCUT2D eigenvalue weighted by Crippen LogP contribution is -1.98. The number of hydrogen-bond acceptors (Lipinski definition) is 1. The topological polar surface area (TPSA) is 53.1 Å². The maximum absolute atomic E-state index is 10.9. The van der Waals surface area contributed by atoms with E-state index in [4.69, 9.17) is 5.11 Å². The average molecular weight is 243 g/mol. The van der Waals surface area contributed by atoms with Crippen molar-refractivity contribution in [2.75, 3.05) is 0 Å². The summed E-state index contributed by atoms with van der Waals surface area (Å²) in [4.78, 5) is 13.8. The second kappa shape index (κ2) is 5.08. The summed E-state index contributed by atoms with van der Waals surface area (Å²) in [7, 11) is 0. The average Bonchev–Trinajstić information content (AvgIpc) is 2.72. The molecule has 2 aromatic rings. The number of aryl methyl sites for hydroxylation is 1.